The number of benzene rings is 1. The van der Waals surface area contributed by atoms with Crippen molar-refractivity contribution in [3.63, 3.8) is 0 Å². The van der Waals surface area contributed by atoms with Gasteiger partial charge in [0, 0.05) is 6.54 Å². The van der Waals surface area contributed by atoms with Crippen molar-refractivity contribution in [1.82, 2.24) is 0 Å². The first-order chi connectivity index (χ1) is 7.74. The molecule has 0 heterocycles. The minimum Gasteiger partial charge on any atom is -0.326 e. The smallest absolute Gasteiger partial charge is 0.130 e. The van der Waals surface area contributed by atoms with Crippen molar-refractivity contribution in [3.05, 3.63) is 47.4 Å². The van der Waals surface area contributed by atoms with Gasteiger partial charge in [0.25, 0.3) is 0 Å². The first-order valence-electron chi connectivity index (χ1n) is 4.88. The Bertz CT molecular complexity index is 471. The predicted octanol–water partition coefficient (Wildman–Crippen LogP) is 1.95. The topological polar surface area (TPSA) is 73.6 Å². The van der Waals surface area contributed by atoms with Gasteiger partial charge >= 0.3 is 0 Å². The minimum absolute atomic E-state index is 0.0806. The summed E-state index contributed by atoms with van der Waals surface area (Å²) in [6.45, 7) is 4.17. The Hall–Kier alpha value is -2.10. The first kappa shape index (κ1) is 12.0. The number of nitriles is 2. The molecule has 1 aromatic rings. The van der Waals surface area contributed by atoms with E-state index in [1.807, 2.05) is 30.3 Å². The molecule has 1 radical (unpaired) electrons. The van der Waals surface area contributed by atoms with Crippen LogP contribution in [0.5, 0.6) is 0 Å². The molecule has 0 amide bonds. The van der Waals surface area contributed by atoms with Gasteiger partial charge in [-0.2, -0.15) is 10.5 Å². The molecule has 0 spiro atoms. The van der Waals surface area contributed by atoms with Crippen molar-refractivity contribution in [2.24, 2.45) is 5.73 Å². The largest absolute Gasteiger partial charge is 0.326 e. The molecule has 0 saturated heterocycles. The molecule has 79 valence electrons. The lowest BCUT2D eigenvalue weighted by atomic mass is 10.0. The van der Waals surface area contributed by atoms with Crippen LogP contribution < -0.4 is 5.73 Å². The normalized spacial score (nSPS) is 9.00. The van der Waals surface area contributed by atoms with Crippen LogP contribution in [0.4, 0.5) is 0 Å². The van der Waals surface area contributed by atoms with Gasteiger partial charge in [0.2, 0.25) is 0 Å². The van der Waals surface area contributed by atoms with Crippen molar-refractivity contribution in [2.75, 3.05) is 0 Å². The highest BCUT2D eigenvalue weighted by Gasteiger charge is 2.01. The quantitative estimate of drug-likeness (QED) is 0.775. The Morgan fingerprint density at radius 3 is 2.56 bits per heavy atom. The number of hydrogen-bond acceptors (Lipinski definition) is 3. The Balaban J connectivity index is 3.21. The van der Waals surface area contributed by atoms with Crippen molar-refractivity contribution >= 4 is 6.08 Å². The fourth-order valence-corrected chi connectivity index (χ4v) is 1.38. The van der Waals surface area contributed by atoms with E-state index in [-0.39, 0.29) is 5.57 Å². The van der Waals surface area contributed by atoms with Crippen LogP contribution >= 0.6 is 0 Å². The zero-order chi connectivity index (χ0) is 12.0. The van der Waals surface area contributed by atoms with Gasteiger partial charge in [0.15, 0.2) is 0 Å². The monoisotopic (exact) mass is 210 g/mol. The number of hydrogen-bond donors (Lipinski definition) is 1. The molecule has 0 aliphatic rings. The summed E-state index contributed by atoms with van der Waals surface area (Å²) in [5.41, 5.74) is 8.53. The number of nitrogens with two attached hydrogens (primary N) is 1. The lowest BCUT2D eigenvalue weighted by Crippen LogP contribution is -2.00. The van der Waals surface area contributed by atoms with Gasteiger partial charge < -0.3 is 5.73 Å². The summed E-state index contributed by atoms with van der Waals surface area (Å²) >= 11 is 0. The summed E-state index contributed by atoms with van der Waals surface area (Å²) in [7, 11) is 0. The van der Waals surface area contributed by atoms with Crippen molar-refractivity contribution in [3.8, 4) is 12.1 Å². The zero-order valence-electron chi connectivity index (χ0n) is 8.90. The van der Waals surface area contributed by atoms with E-state index in [1.54, 1.807) is 6.08 Å². The summed E-state index contributed by atoms with van der Waals surface area (Å²) in [4.78, 5) is 0. The van der Waals surface area contributed by atoms with E-state index in [0.717, 1.165) is 16.7 Å². The molecule has 0 atom stereocenters. The third-order valence-corrected chi connectivity index (χ3v) is 2.26. The van der Waals surface area contributed by atoms with E-state index in [2.05, 4.69) is 6.92 Å². The van der Waals surface area contributed by atoms with E-state index in [4.69, 9.17) is 16.3 Å². The molecule has 0 bridgehead atoms. The van der Waals surface area contributed by atoms with E-state index < -0.39 is 0 Å². The second kappa shape index (κ2) is 5.70. The highest BCUT2D eigenvalue weighted by Crippen LogP contribution is 2.15. The average Bonchev–Trinajstić information content (AvgIpc) is 2.35. The molecule has 0 aliphatic carbocycles. The van der Waals surface area contributed by atoms with Crippen LogP contribution in [-0.2, 0) is 13.0 Å². The highest BCUT2D eigenvalue weighted by molar-refractivity contribution is 5.64. The summed E-state index contributed by atoms with van der Waals surface area (Å²) < 4.78 is 0. The van der Waals surface area contributed by atoms with E-state index in [0.29, 0.717) is 13.0 Å². The Morgan fingerprint density at radius 2 is 2.06 bits per heavy atom. The number of rotatable bonds is 3. The van der Waals surface area contributed by atoms with Crippen LogP contribution in [-0.4, -0.2) is 0 Å². The van der Waals surface area contributed by atoms with Gasteiger partial charge in [0.1, 0.15) is 17.7 Å². The molecule has 1 aromatic carbocycles. The lowest BCUT2D eigenvalue weighted by molar-refractivity contribution is 1.05. The maximum atomic E-state index is 8.67. The Labute approximate surface area is 95.4 Å². The molecule has 1 rings (SSSR count). The summed E-state index contributed by atoms with van der Waals surface area (Å²) in [6, 6.07) is 9.38. The average molecular weight is 210 g/mol. The summed E-state index contributed by atoms with van der Waals surface area (Å²) in [5.74, 6) is 0. The Morgan fingerprint density at radius 1 is 1.38 bits per heavy atom. The van der Waals surface area contributed by atoms with Gasteiger partial charge in [0.05, 0.1) is 0 Å². The van der Waals surface area contributed by atoms with Crippen molar-refractivity contribution in [2.45, 2.75) is 13.0 Å². The van der Waals surface area contributed by atoms with Crippen LogP contribution in [0.3, 0.4) is 0 Å². The van der Waals surface area contributed by atoms with Crippen LogP contribution in [0.15, 0.2) is 23.8 Å². The molecule has 0 aliphatic heterocycles. The second-order valence-electron chi connectivity index (χ2n) is 3.27. The summed E-state index contributed by atoms with van der Waals surface area (Å²) in [5, 5.41) is 17.3. The Kier molecular flexibility index (Phi) is 4.27. The molecular weight excluding hydrogens is 198 g/mol. The molecule has 0 saturated carbocycles. The van der Waals surface area contributed by atoms with Gasteiger partial charge in [-0.15, -0.1) is 0 Å². The van der Waals surface area contributed by atoms with Crippen LogP contribution in [0.2, 0.25) is 0 Å². The predicted molar refractivity (Wildman–Crippen MR) is 62.6 cm³/mol. The second-order valence-corrected chi connectivity index (χ2v) is 3.27. The molecule has 3 nitrogen and oxygen atoms in total. The fourth-order valence-electron chi connectivity index (χ4n) is 1.38. The van der Waals surface area contributed by atoms with Crippen molar-refractivity contribution in [1.29, 1.82) is 10.5 Å². The number of allylic oxidation sites excluding steroid dienone is 1. The molecule has 0 aromatic heterocycles. The highest BCUT2D eigenvalue weighted by atomic mass is 14.5. The van der Waals surface area contributed by atoms with Crippen LogP contribution in [0, 0.1) is 29.6 Å². The first-order valence-corrected chi connectivity index (χ1v) is 4.88. The molecule has 3 heteroatoms. The van der Waals surface area contributed by atoms with Crippen molar-refractivity contribution < 1.29 is 0 Å². The minimum atomic E-state index is 0.0806. The molecule has 16 heavy (non-hydrogen) atoms. The molecular formula is C13H12N3. The number of nitrogens with zero attached hydrogens (tertiary/aromatic N) is 2. The third-order valence-electron chi connectivity index (χ3n) is 2.26. The molecule has 0 fully saturated rings. The maximum Gasteiger partial charge on any atom is 0.130 e. The van der Waals surface area contributed by atoms with E-state index >= 15 is 0 Å². The fraction of sp³-hybridized carbons (Fsp3) is 0.154. The van der Waals surface area contributed by atoms with Gasteiger partial charge in [-0.3, -0.25) is 0 Å². The van der Waals surface area contributed by atoms with E-state index in [1.165, 1.54) is 0 Å². The van der Waals surface area contributed by atoms with Gasteiger partial charge in [-0.25, -0.2) is 0 Å². The third kappa shape index (κ3) is 2.70. The van der Waals surface area contributed by atoms with Gasteiger partial charge in [-0.05, 0) is 36.1 Å². The standard InChI is InChI=1S/C13H12N3/c1-2-10-3-4-12(13(5-10)9-16)6-11(7-14)8-15/h3-6H,1-2,9,16H2. The molecule has 0 unspecified atom stereocenters. The van der Waals surface area contributed by atoms with Gasteiger partial charge in [-0.1, -0.05) is 18.2 Å². The maximum absolute atomic E-state index is 8.67. The lowest BCUT2D eigenvalue weighted by Gasteiger charge is -2.05. The van der Waals surface area contributed by atoms with E-state index in [9.17, 15) is 0 Å². The molecule has 2 N–H and O–H groups in total. The SMILES string of the molecule is [CH2]Cc1ccc(C=C(C#N)C#N)c(CN)c1. The van der Waals surface area contributed by atoms with Crippen LogP contribution in [0.1, 0.15) is 16.7 Å². The summed E-state index contributed by atoms with van der Waals surface area (Å²) in [6.07, 6.45) is 2.25. The zero-order valence-corrected chi connectivity index (χ0v) is 8.90. The van der Waals surface area contributed by atoms with Crippen LogP contribution in [0.25, 0.3) is 6.08 Å².